The van der Waals surface area contributed by atoms with Crippen molar-refractivity contribution in [3.63, 3.8) is 0 Å². The smallest absolute Gasteiger partial charge is 0.407 e. The Balaban J connectivity index is 1.86. The van der Waals surface area contributed by atoms with Crippen LogP contribution in [0.15, 0.2) is 12.1 Å². The summed E-state index contributed by atoms with van der Waals surface area (Å²) in [7, 11) is 4.70. The fraction of sp³-hybridized carbons (Fsp3) is 0.704. The number of alkyl carbamates (subject to hydrolysis) is 1. The Labute approximate surface area is 209 Å². The van der Waals surface area contributed by atoms with E-state index in [1.54, 1.807) is 21.3 Å². The van der Waals surface area contributed by atoms with Gasteiger partial charge in [0.2, 0.25) is 5.75 Å². The largest absolute Gasteiger partial charge is 0.493 e. The molecule has 0 spiro atoms. The minimum atomic E-state index is -0.603. The summed E-state index contributed by atoms with van der Waals surface area (Å²) < 4.78 is 27.7. The molecule has 1 aromatic carbocycles. The number of methoxy groups -OCH3 is 3. The van der Waals surface area contributed by atoms with E-state index in [1.165, 1.54) is 19.3 Å². The Kier molecular flexibility index (Phi) is 9.14. The average molecular weight is 492 g/mol. The monoisotopic (exact) mass is 491 g/mol. The van der Waals surface area contributed by atoms with Crippen LogP contribution in [0.3, 0.4) is 0 Å². The zero-order chi connectivity index (χ0) is 25.6. The van der Waals surface area contributed by atoms with E-state index < -0.39 is 17.6 Å². The molecule has 1 unspecified atom stereocenters. The Morgan fingerprint density at radius 2 is 1.74 bits per heavy atom. The molecule has 0 bridgehead atoms. The fourth-order valence-electron chi connectivity index (χ4n) is 5.35. The molecule has 196 valence electrons. The summed E-state index contributed by atoms with van der Waals surface area (Å²) >= 11 is 0. The van der Waals surface area contributed by atoms with Crippen molar-refractivity contribution < 1.29 is 33.3 Å². The van der Waals surface area contributed by atoms with Crippen molar-refractivity contribution >= 4 is 12.1 Å². The van der Waals surface area contributed by atoms with Gasteiger partial charge in [-0.3, -0.25) is 4.79 Å². The van der Waals surface area contributed by atoms with Crippen LogP contribution in [0, 0.1) is 17.8 Å². The minimum absolute atomic E-state index is 0.172. The SMILES string of the molecule is COc1ccc(C[C@H]2C(=O)OCC2[C@H](CC2CCCCC2)NC(=O)OC(C)(C)C)c(OC)c1OC. The van der Waals surface area contributed by atoms with E-state index in [9.17, 15) is 9.59 Å². The zero-order valence-corrected chi connectivity index (χ0v) is 22.0. The second-order valence-electron chi connectivity index (χ2n) is 10.6. The average Bonchev–Trinajstić information content (AvgIpc) is 3.17. The van der Waals surface area contributed by atoms with Crippen molar-refractivity contribution in [2.75, 3.05) is 27.9 Å². The van der Waals surface area contributed by atoms with Gasteiger partial charge in [-0.25, -0.2) is 4.79 Å². The summed E-state index contributed by atoms with van der Waals surface area (Å²) in [4.78, 5) is 25.7. The summed E-state index contributed by atoms with van der Waals surface area (Å²) in [6.07, 6.45) is 6.70. The third-order valence-electron chi connectivity index (χ3n) is 6.99. The lowest BCUT2D eigenvalue weighted by atomic mass is 9.77. The lowest BCUT2D eigenvalue weighted by molar-refractivity contribution is -0.141. The second-order valence-corrected chi connectivity index (χ2v) is 10.6. The lowest BCUT2D eigenvalue weighted by Crippen LogP contribution is -2.46. The molecule has 2 aliphatic rings. The van der Waals surface area contributed by atoms with Crippen molar-refractivity contribution in [1.29, 1.82) is 0 Å². The highest BCUT2D eigenvalue weighted by atomic mass is 16.6. The third-order valence-corrected chi connectivity index (χ3v) is 6.99. The Morgan fingerprint density at radius 1 is 1.06 bits per heavy atom. The molecule has 1 aliphatic heterocycles. The molecule has 8 nitrogen and oxygen atoms in total. The van der Waals surface area contributed by atoms with Gasteiger partial charge in [-0.1, -0.05) is 38.2 Å². The number of benzene rings is 1. The summed E-state index contributed by atoms with van der Waals surface area (Å²) in [6, 6.07) is 3.47. The van der Waals surface area contributed by atoms with Gasteiger partial charge in [0, 0.05) is 12.0 Å². The maximum Gasteiger partial charge on any atom is 0.407 e. The first-order chi connectivity index (χ1) is 16.7. The Morgan fingerprint density at radius 3 is 2.34 bits per heavy atom. The van der Waals surface area contributed by atoms with Gasteiger partial charge in [-0.2, -0.15) is 0 Å². The molecule has 8 heteroatoms. The van der Waals surface area contributed by atoms with Crippen LogP contribution in [0.4, 0.5) is 4.79 Å². The van der Waals surface area contributed by atoms with E-state index in [2.05, 4.69) is 5.32 Å². The van der Waals surface area contributed by atoms with Crippen molar-refractivity contribution in [2.24, 2.45) is 17.8 Å². The summed E-state index contributed by atoms with van der Waals surface area (Å²) in [5, 5.41) is 3.10. The summed E-state index contributed by atoms with van der Waals surface area (Å²) in [6.45, 7) is 5.80. The first-order valence-electron chi connectivity index (χ1n) is 12.6. The van der Waals surface area contributed by atoms with Gasteiger partial charge in [-0.15, -0.1) is 0 Å². The van der Waals surface area contributed by atoms with Gasteiger partial charge >= 0.3 is 12.1 Å². The highest BCUT2D eigenvalue weighted by Crippen LogP contribution is 2.42. The van der Waals surface area contributed by atoms with Crippen LogP contribution in [0.2, 0.25) is 0 Å². The number of nitrogens with one attached hydrogen (secondary N) is 1. The van der Waals surface area contributed by atoms with Crippen LogP contribution in [0.5, 0.6) is 17.2 Å². The van der Waals surface area contributed by atoms with Gasteiger partial charge in [0.05, 0.1) is 33.9 Å². The standard InChI is InChI=1S/C27H41NO7/c1-27(2,3)35-26(30)28-21(14-17-10-8-7-9-11-17)20-16-34-25(29)19(20)15-18-12-13-22(31-4)24(33-6)23(18)32-5/h12-13,17,19-21H,7-11,14-16H2,1-6H3,(H,28,30)/t19-,20?,21+/m1/s1. The van der Waals surface area contributed by atoms with Crippen LogP contribution < -0.4 is 19.5 Å². The number of carbonyl (C=O) groups excluding carboxylic acids is 2. The molecule has 1 aliphatic carbocycles. The van der Waals surface area contributed by atoms with Gasteiger partial charge in [0.15, 0.2) is 11.5 Å². The number of rotatable bonds is 9. The summed E-state index contributed by atoms with van der Waals surface area (Å²) in [5.41, 5.74) is 0.223. The van der Waals surface area contributed by atoms with Gasteiger partial charge in [-0.05, 0) is 51.2 Å². The number of cyclic esters (lactones) is 1. The number of carbonyl (C=O) groups is 2. The van der Waals surface area contributed by atoms with Crippen LogP contribution in [0.25, 0.3) is 0 Å². The van der Waals surface area contributed by atoms with Gasteiger partial charge in [0.25, 0.3) is 0 Å². The number of ether oxygens (including phenoxy) is 5. The molecule has 3 atom stereocenters. The number of amides is 1. The predicted molar refractivity (Wildman–Crippen MR) is 132 cm³/mol. The Hall–Kier alpha value is -2.64. The van der Waals surface area contributed by atoms with E-state index in [1.807, 2.05) is 32.9 Å². The van der Waals surface area contributed by atoms with Crippen LogP contribution in [0.1, 0.15) is 64.9 Å². The first-order valence-corrected chi connectivity index (χ1v) is 12.6. The molecule has 1 N–H and O–H groups in total. The molecule has 1 amide bonds. The normalized spacial score (nSPS) is 21.7. The van der Waals surface area contributed by atoms with Crippen LogP contribution >= 0.6 is 0 Å². The number of esters is 1. The van der Waals surface area contributed by atoms with E-state index in [0.29, 0.717) is 29.6 Å². The maximum atomic E-state index is 12.9. The lowest BCUT2D eigenvalue weighted by Gasteiger charge is -2.32. The summed E-state index contributed by atoms with van der Waals surface area (Å²) in [5.74, 6) is 1.23. The topological polar surface area (TPSA) is 92.3 Å². The molecular formula is C27H41NO7. The van der Waals surface area contributed by atoms with Gasteiger partial charge in [0.1, 0.15) is 5.60 Å². The molecule has 2 fully saturated rings. The van der Waals surface area contributed by atoms with Crippen molar-refractivity contribution in [1.82, 2.24) is 5.32 Å². The molecular weight excluding hydrogens is 450 g/mol. The molecule has 1 saturated heterocycles. The molecule has 0 aromatic heterocycles. The molecule has 35 heavy (non-hydrogen) atoms. The first kappa shape index (κ1) is 27.0. The highest BCUT2D eigenvalue weighted by molar-refractivity contribution is 5.76. The fourth-order valence-corrected chi connectivity index (χ4v) is 5.35. The van der Waals surface area contributed by atoms with Gasteiger partial charge < -0.3 is 29.0 Å². The van der Waals surface area contributed by atoms with Crippen LogP contribution in [-0.2, 0) is 20.7 Å². The van der Waals surface area contributed by atoms with Crippen molar-refractivity contribution in [3.05, 3.63) is 17.7 Å². The predicted octanol–water partition coefficient (Wildman–Crippen LogP) is 4.91. The molecule has 1 aromatic rings. The quantitative estimate of drug-likeness (QED) is 0.491. The van der Waals surface area contributed by atoms with E-state index in [4.69, 9.17) is 23.7 Å². The zero-order valence-electron chi connectivity index (χ0n) is 22.0. The second kappa shape index (κ2) is 11.9. The maximum absolute atomic E-state index is 12.9. The van der Waals surface area contributed by atoms with Crippen LogP contribution in [-0.4, -0.2) is 51.6 Å². The van der Waals surface area contributed by atoms with Crippen molar-refractivity contribution in [3.8, 4) is 17.2 Å². The Bertz CT molecular complexity index is 873. The number of hydrogen-bond donors (Lipinski definition) is 1. The molecule has 0 radical (unpaired) electrons. The molecule has 3 rings (SSSR count). The molecule has 1 heterocycles. The highest BCUT2D eigenvalue weighted by Gasteiger charge is 2.43. The third kappa shape index (κ3) is 6.95. The minimum Gasteiger partial charge on any atom is -0.493 e. The molecule has 1 saturated carbocycles. The van der Waals surface area contributed by atoms with Crippen molar-refractivity contribution in [2.45, 2.75) is 77.4 Å². The van der Waals surface area contributed by atoms with E-state index in [-0.39, 0.29) is 24.5 Å². The number of hydrogen-bond acceptors (Lipinski definition) is 7. The van der Waals surface area contributed by atoms with E-state index in [0.717, 1.165) is 24.8 Å². The van der Waals surface area contributed by atoms with E-state index >= 15 is 0 Å².